The van der Waals surface area contributed by atoms with E-state index in [4.69, 9.17) is 9.72 Å². The molecule has 0 unspecified atom stereocenters. The number of hydrogen-bond acceptors (Lipinski definition) is 6. The van der Waals surface area contributed by atoms with Crippen molar-refractivity contribution in [3.8, 4) is 11.4 Å². The summed E-state index contributed by atoms with van der Waals surface area (Å²) in [5, 5.41) is 4.66. The number of pyridine rings is 3. The molecule has 7 nitrogen and oxygen atoms in total. The van der Waals surface area contributed by atoms with Crippen LogP contribution in [-0.4, -0.2) is 41.3 Å². The fraction of sp³-hybridized carbons (Fsp3) is 0.174. The van der Waals surface area contributed by atoms with Gasteiger partial charge < -0.3 is 19.9 Å². The number of ether oxygens (including phenoxy) is 1. The lowest BCUT2D eigenvalue weighted by Crippen LogP contribution is -2.36. The van der Waals surface area contributed by atoms with E-state index in [1.165, 1.54) is 0 Å². The van der Waals surface area contributed by atoms with E-state index in [1.807, 2.05) is 42.5 Å². The highest BCUT2D eigenvalue weighted by atomic mass is 16.5. The Labute approximate surface area is 173 Å². The number of benzene rings is 1. The van der Waals surface area contributed by atoms with Gasteiger partial charge in [0.1, 0.15) is 5.82 Å². The summed E-state index contributed by atoms with van der Waals surface area (Å²) in [5.74, 6) is 0.508. The Morgan fingerprint density at radius 2 is 1.83 bits per heavy atom. The van der Waals surface area contributed by atoms with E-state index < -0.39 is 0 Å². The summed E-state index contributed by atoms with van der Waals surface area (Å²) in [6.45, 7) is 3.28. The van der Waals surface area contributed by atoms with Crippen molar-refractivity contribution in [2.75, 3.05) is 36.5 Å². The summed E-state index contributed by atoms with van der Waals surface area (Å²) >= 11 is 0. The third-order valence-corrected chi connectivity index (χ3v) is 5.19. The van der Waals surface area contributed by atoms with E-state index >= 15 is 0 Å². The number of nitrogens with zero attached hydrogens (tertiary/aromatic N) is 3. The molecule has 5 rings (SSSR count). The minimum atomic E-state index is -0.181. The van der Waals surface area contributed by atoms with Crippen molar-refractivity contribution in [1.82, 2.24) is 15.0 Å². The SMILES string of the molecule is O=c1[nH]ccc2cc(-c3ccccn3)nc(Nc3ccc(N4CCOCC4)cc3)c12. The summed E-state index contributed by atoms with van der Waals surface area (Å²) in [6.07, 6.45) is 3.38. The van der Waals surface area contributed by atoms with Crippen molar-refractivity contribution < 1.29 is 4.74 Å². The van der Waals surface area contributed by atoms with Crippen LogP contribution in [0.5, 0.6) is 0 Å². The fourth-order valence-electron chi connectivity index (χ4n) is 3.66. The molecule has 30 heavy (non-hydrogen) atoms. The number of fused-ring (bicyclic) bond motifs is 1. The molecule has 1 fully saturated rings. The molecule has 4 aromatic rings. The maximum absolute atomic E-state index is 12.5. The summed E-state index contributed by atoms with van der Waals surface area (Å²) in [6, 6.07) is 17.6. The number of nitrogens with one attached hydrogen (secondary N) is 2. The van der Waals surface area contributed by atoms with Gasteiger partial charge in [-0.2, -0.15) is 0 Å². The number of hydrogen-bond donors (Lipinski definition) is 2. The van der Waals surface area contributed by atoms with E-state index in [1.54, 1.807) is 12.4 Å². The van der Waals surface area contributed by atoms with E-state index in [0.29, 0.717) is 16.9 Å². The molecule has 0 bridgehead atoms. The van der Waals surface area contributed by atoms with Gasteiger partial charge in [-0.3, -0.25) is 9.78 Å². The van der Waals surface area contributed by atoms with Gasteiger partial charge in [-0.15, -0.1) is 0 Å². The Morgan fingerprint density at radius 3 is 2.60 bits per heavy atom. The molecule has 1 aromatic carbocycles. The predicted octanol–water partition coefficient (Wildman–Crippen LogP) is 3.57. The molecule has 0 spiro atoms. The highest BCUT2D eigenvalue weighted by molar-refractivity contribution is 5.94. The maximum atomic E-state index is 12.5. The van der Waals surface area contributed by atoms with Crippen LogP contribution in [0.4, 0.5) is 17.2 Å². The average molecular weight is 399 g/mol. The van der Waals surface area contributed by atoms with Gasteiger partial charge in [0.2, 0.25) is 0 Å². The van der Waals surface area contributed by atoms with Crippen LogP contribution >= 0.6 is 0 Å². The lowest BCUT2D eigenvalue weighted by Gasteiger charge is -2.28. The zero-order valence-corrected chi connectivity index (χ0v) is 16.3. The van der Waals surface area contributed by atoms with Crippen molar-refractivity contribution in [2.45, 2.75) is 0 Å². The maximum Gasteiger partial charge on any atom is 0.259 e. The predicted molar refractivity (Wildman–Crippen MR) is 118 cm³/mol. The van der Waals surface area contributed by atoms with Crippen molar-refractivity contribution in [3.63, 3.8) is 0 Å². The third kappa shape index (κ3) is 3.62. The van der Waals surface area contributed by atoms with Gasteiger partial charge in [0.15, 0.2) is 0 Å². The molecule has 1 aliphatic heterocycles. The summed E-state index contributed by atoms with van der Waals surface area (Å²) < 4.78 is 5.42. The van der Waals surface area contributed by atoms with Gasteiger partial charge in [0.25, 0.3) is 5.56 Å². The number of morpholine rings is 1. The van der Waals surface area contributed by atoms with Crippen LogP contribution in [0.15, 0.2) is 71.8 Å². The Hall–Kier alpha value is -3.71. The van der Waals surface area contributed by atoms with E-state index in [0.717, 1.165) is 48.8 Å². The number of aromatic amines is 1. The minimum Gasteiger partial charge on any atom is -0.378 e. The molecule has 0 radical (unpaired) electrons. The van der Waals surface area contributed by atoms with Crippen molar-refractivity contribution in [1.29, 1.82) is 0 Å². The Kier molecular flexibility index (Phi) is 4.86. The Balaban J connectivity index is 1.52. The second-order valence-electron chi connectivity index (χ2n) is 7.11. The molecule has 0 amide bonds. The first-order chi connectivity index (χ1) is 14.8. The Morgan fingerprint density at radius 1 is 1.00 bits per heavy atom. The van der Waals surface area contributed by atoms with Crippen molar-refractivity contribution in [2.24, 2.45) is 0 Å². The van der Waals surface area contributed by atoms with Gasteiger partial charge in [-0.25, -0.2) is 4.98 Å². The molecule has 0 atom stereocenters. The molecule has 1 aliphatic rings. The lowest BCUT2D eigenvalue weighted by atomic mass is 10.1. The molecule has 1 saturated heterocycles. The smallest absolute Gasteiger partial charge is 0.259 e. The molecule has 4 heterocycles. The lowest BCUT2D eigenvalue weighted by molar-refractivity contribution is 0.122. The van der Waals surface area contributed by atoms with Crippen LogP contribution < -0.4 is 15.8 Å². The van der Waals surface area contributed by atoms with E-state index in [-0.39, 0.29) is 5.56 Å². The molecular weight excluding hydrogens is 378 g/mol. The highest BCUT2D eigenvalue weighted by Gasteiger charge is 2.13. The van der Waals surface area contributed by atoms with Gasteiger partial charge in [-0.1, -0.05) is 6.07 Å². The minimum absolute atomic E-state index is 0.181. The summed E-state index contributed by atoms with van der Waals surface area (Å²) in [7, 11) is 0. The van der Waals surface area contributed by atoms with Gasteiger partial charge in [0.05, 0.1) is 30.0 Å². The molecule has 0 aliphatic carbocycles. The topological polar surface area (TPSA) is 83.1 Å². The fourth-order valence-corrected chi connectivity index (χ4v) is 3.66. The molecule has 0 saturated carbocycles. The van der Waals surface area contributed by atoms with Gasteiger partial charge in [0, 0.05) is 36.9 Å². The zero-order chi connectivity index (χ0) is 20.3. The number of anilines is 3. The second kappa shape index (κ2) is 7.96. The van der Waals surface area contributed by atoms with E-state index in [9.17, 15) is 4.79 Å². The molecule has 7 heteroatoms. The van der Waals surface area contributed by atoms with E-state index in [2.05, 4.69) is 32.3 Å². The largest absolute Gasteiger partial charge is 0.378 e. The first-order valence-corrected chi connectivity index (χ1v) is 9.91. The molecule has 2 N–H and O–H groups in total. The summed E-state index contributed by atoms with van der Waals surface area (Å²) in [5.41, 5.74) is 3.30. The second-order valence-corrected chi connectivity index (χ2v) is 7.11. The number of H-pyrrole nitrogens is 1. The normalized spacial score (nSPS) is 14.1. The zero-order valence-electron chi connectivity index (χ0n) is 16.3. The number of aromatic nitrogens is 3. The third-order valence-electron chi connectivity index (χ3n) is 5.19. The van der Waals surface area contributed by atoms with Crippen LogP contribution in [0.25, 0.3) is 22.2 Å². The first kappa shape index (κ1) is 18.3. The standard InChI is InChI=1S/C23H21N5O2/c29-23-21-16(8-10-25-23)15-20(19-3-1-2-9-24-19)27-22(21)26-17-4-6-18(7-5-17)28-11-13-30-14-12-28/h1-10,15H,11-14H2,(H,25,29)(H,26,27). The highest BCUT2D eigenvalue weighted by Crippen LogP contribution is 2.28. The van der Waals surface area contributed by atoms with Crippen LogP contribution in [-0.2, 0) is 4.74 Å². The molecule has 3 aromatic heterocycles. The van der Waals surface area contributed by atoms with Crippen LogP contribution in [0, 0.1) is 0 Å². The summed E-state index contributed by atoms with van der Waals surface area (Å²) in [4.78, 5) is 26.7. The van der Waals surface area contributed by atoms with Crippen LogP contribution in [0.3, 0.4) is 0 Å². The van der Waals surface area contributed by atoms with Crippen LogP contribution in [0.1, 0.15) is 0 Å². The van der Waals surface area contributed by atoms with Gasteiger partial charge in [-0.05, 0) is 53.9 Å². The van der Waals surface area contributed by atoms with Crippen LogP contribution in [0.2, 0.25) is 0 Å². The average Bonchev–Trinajstić information content (AvgIpc) is 2.81. The Bertz CT molecular complexity index is 1220. The molecular formula is C23H21N5O2. The first-order valence-electron chi connectivity index (χ1n) is 9.91. The molecule has 150 valence electrons. The number of rotatable bonds is 4. The monoisotopic (exact) mass is 399 g/mol. The quantitative estimate of drug-likeness (QED) is 0.546. The van der Waals surface area contributed by atoms with Crippen molar-refractivity contribution >= 4 is 28.0 Å². The van der Waals surface area contributed by atoms with Gasteiger partial charge >= 0.3 is 0 Å². The van der Waals surface area contributed by atoms with Crippen molar-refractivity contribution in [3.05, 3.63) is 77.3 Å².